The average Bonchev–Trinajstić information content (AvgIpc) is 2.75. The largest absolute Gasteiger partial charge is 0.370 e. The average molecular weight is 561 g/mol. The fourth-order valence-electron chi connectivity index (χ4n) is 3.98. The fourth-order valence-corrected chi connectivity index (χ4v) is 4.11. The summed E-state index contributed by atoms with van der Waals surface area (Å²) in [4.78, 5) is 26.3. The van der Waals surface area contributed by atoms with Crippen LogP contribution in [0.1, 0.15) is 41.6 Å². The van der Waals surface area contributed by atoms with Crippen LogP contribution in [0.5, 0.6) is 0 Å². The second-order valence-corrected chi connectivity index (χ2v) is 8.47. The summed E-state index contributed by atoms with van der Waals surface area (Å²) in [6, 6.07) is 12.6. The molecule has 190 valence electrons. The molecule has 3 aromatic rings. The number of hydrogen-bond donors (Lipinski definition) is 4. The van der Waals surface area contributed by atoms with E-state index >= 15 is 0 Å². The first-order valence-corrected chi connectivity index (χ1v) is 11.0. The molecule has 0 spiro atoms. The topological polar surface area (TPSA) is 131 Å². The minimum absolute atomic E-state index is 0. The molecule has 8 nitrogen and oxygen atoms in total. The molecular weight excluding hydrogens is 532 g/mol. The van der Waals surface area contributed by atoms with Crippen molar-refractivity contribution in [2.24, 2.45) is 16.5 Å². The molecule has 35 heavy (non-hydrogen) atoms. The van der Waals surface area contributed by atoms with Crippen molar-refractivity contribution in [3.8, 4) is 0 Å². The summed E-state index contributed by atoms with van der Waals surface area (Å²) in [5.41, 5.74) is 13.6. The highest BCUT2D eigenvalue weighted by Crippen LogP contribution is 2.29. The van der Waals surface area contributed by atoms with Gasteiger partial charge in [0.15, 0.2) is 5.96 Å². The number of benzene rings is 2. The third-order valence-electron chi connectivity index (χ3n) is 5.55. The summed E-state index contributed by atoms with van der Waals surface area (Å²) in [5.74, 6) is 0.643. The predicted octanol–water partition coefficient (Wildman–Crippen LogP) is 5.11. The zero-order valence-electron chi connectivity index (χ0n) is 19.0. The molecule has 1 aliphatic carbocycles. The first kappa shape index (κ1) is 30.5. The number of nitrogens with two attached hydrogens (primary N) is 2. The van der Waals surface area contributed by atoms with E-state index in [0.29, 0.717) is 16.4 Å². The summed E-state index contributed by atoms with van der Waals surface area (Å²) in [5, 5.41) is 7.76. The van der Waals surface area contributed by atoms with E-state index in [1.165, 1.54) is 0 Å². The van der Waals surface area contributed by atoms with Crippen molar-refractivity contribution in [3.63, 3.8) is 0 Å². The van der Waals surface area contributed by atoms with Gasteiger partial charge >= 0.3 is 0 Å². The summed E-state index contributed by atoms with van der Waals surface area (Å²) < 4.78 is 0. The number of amides is 1. The Morgan fingerprint density at radius 3 is 2.40 bits per heavy atom. The van der Waals surface area contributed by atoms with Gasteiger partial charge in [0.05, 0.1) is 17.6 Å². The molecule has 1 aliphatic rings. The number of guanidine groups is 1. The maximum absolute atomic E-state index is 12.7. The Bertz CT molecular complexity index is 1170. The number of halogens is 4. The van der Waals surface area contributed by atoms with Crippen LogP contribution in [0.15, 0.2) is 47.5 Å². The van der Waals surface area contributed by atoms with E-state index in [4.69, 9.17) is 23.1 Å². The number of rotatable bonds is 5. The lowest BCUT2D eigenvalue weighted by molar-refractivity contribution is 0.102. The van der Waals surface area contributed by atoms with Gasteiger partial charge in [-0.05, 0) is 56.2 Å². The summed E-state index contributed by atoms with van der Waals surface area (Å²) in [7, 11) is 0. The molecule has 0 aliphatic heterocycles. The molecule has 0 saturated heterocycles. The number of carbonyl (C=O) groups excluding carboxylic acids is 1. The molecule has 2 atom stereocenters. The second-order valence-electron chi connectivity index (χ2n) is 8.03. The molecule has 1 saturated carbocycles. The zero-order valence-corrected chi connectivity index (χ0v) is 22.2. The molecule has 0 radical (unpaired) electrons. The normalized spacial score (nSPS) is 16.6. The molecule has 6 N–H and O–H groups in total. The van der Waals surface area contributed by atoms with Crippen molar-refractivity contribution < 1.29 is 4.79 Å². The number of anilines is 2. The molecule has 1 aromatic heterocycles. The number of aliphatic imine (C=N–C) groups is 1. The molecule has 1 fully saturated rings. The molecular formula is C23H29Cl4N7O. The van der Waals surface area contributed by atoms with Gasteiger partial charge in [-0.15, -0.1) is 37.2 Å². The van der Waals surface area contributed by atoms with Crippen LogP contribution < -0.4 is 22.1 Å². The van der Waals surface area contributed by atoms with Crippen molar-refractivity contribution in [1.82, 2.24) is 9.97 Å². The number of aryl methyl sites for hydroxylation is 1. The molecule has 0 unspecified atom stereocenters. The standard InChI is InChI=1S/C23H26ClN7O.3ClH/c1-13-6-11-17-16(12-13)20(27-18-4-2-3-5-19(18)28-22(25)26)30-23(29-17)31-21(32)14-7-9-15(24)10-8-14;;;/h6-12,18-19H,2-5H2,1H3,(H4,25,26,28)(H2,27,29,30,31,32);3*1H/t18-,19+;;;/m1.../s1. The minimum Gasteiger partial charge on any atom is -0.370 e. The smallest absolute Gasteiger partial charge is 0.258 e. The van der Waals surface area contributed by atoms with Gasteiger partial charge in [-0.2, -0.15) is 4.98 Å². The minimum atomic E-state index is -0.310. The molecule has 0 bridgehead atoms. The highest BCUT2D eigenvalue weighted by Gasteiger charge is 2.26. The number of nitrogens with one attached hydrogen (secondary N) is 2. The highest BCUT2D eigenvalue weighted by atomic mass is 35.5. The van der Waals surface area contributed by atoms with Crippen LogP contribution in [0.3, 0.4) is 0 Å². The van der Waals surface area contributed by atoms with E-state index in [1.54, 1.807) is 24.3 Å². The van der Waals surface area contributed by atoms with E-state index in [-0.39, 0.29) is 67.1 Å². The predicted molar refractivity (Wildman–Crippen MR) is 151 cm³/mol. The third kappa shape index (κ3) is 7.73. The Hall–Kier alpha value is -2.52. The molecule has 4 rings (SSSR count). The molecule has 12 heteroatoms. The van der Waals surface area contributed by atoms with Gasteiger partial charge in [-0.25, -0.2) is 9.98 Å². The van der Waals surface area contributed by atoms with E-state index in [1.807, 2.05) is 25.1 Å². The van der Waals surface area contributed by atoms with Crippen LogP contribution in [0.4, 0.5) is 11.8 Å². The lowest BCUT2D eigenvalue weighted by atomic mass is 9.90. The monoisotopic (exact) mass is 559 g/mol. The number of carbonyl (C=O) groups is 1. The number of fused-ring (bicyclic) bond motifs is 1. The summed E-state index contributed by atoms with van der Waals surface area (Å²) >= 11 is 5.92. The van der Waals surface area contributed by atoms with Gasteiger partial charge in [0.1, 0.15) is 5.82 Å². The Kier molecular flexibility index (Phi) is 11.8. The summed E-state index contributed by atoms with van der Waals surface area (Å²) in [6.07, 6.45) is 3.98. The van der Waals surface area contributed by atoms with Gasteiger partial charge in [-0.3, -0.25) is 10.1 Å². The molecule has 1 heterocycles. The first-order chi connectivity index (χ1) is 15.4. The number of nitrogens with zero attached hydrogens (tertiary/aromatic N) is 3. The molecule has 1 amide bonds. The van der Waals surface area contributed by atoms with Crippen molar-refractivity contribution in [3.05, 3.63) is 58.6 Å². The quantitative estimate of drug-likeness (QED) is 0.253. The van der Waals surface area contributed by atoms with Crippen LogP contribution in [0, 0.1) is 6.92 Å². The van der Waals surface area contributed by atoms with Gasteiger partial charge in [-0.1, -0.05) is 36.1 Å². The van der Waals surface area contributed by atoms with E-state index in [9.17, 15) is 4.79 Å². The third-order valence-corrected chi connectivity index (χ3v) is 5.80. The van der Waals surface area contributed by atoms with E-state index < -0.39 is 0 Å². The van der Waals surface area contributed by atoms with Crippen LogP contribution in [-0.4, -0.2) is 33.9 Å². The van der Waals surface area contributed by atoms with Gasteiger partial charge in [0.2, 0.25) is 5.95 Å². The fraction of sp³-hybridized carbons (Fsp3) is 0.304. The van der Waals surface area contributed by atoms with Gasteiger partial charge < -0.3 is 16.8 Å². The Balaban J connectivity index is 0.00000204. The van der Waals surface area contributed by atoms with Crippen molar-refractivity contribution in [2.45, 2.75) is 44.7 Å². The van der Waals surface area contributed by atoms with Crippen molar-refractivity contribution in [2.75, 3.05) is 10.6 Å². The van der Waals surface area contributed by atoms with Crippen LogP contribution in [-0.2, 0) is 0 Å². The summed E-state index contributed by atoms with van der Waals surface area (Å²) in [6.45, 7) is 2.02. The van der Waals surface area contributed by atoms with Gasteiger partial charge in [0.25, 0.3) is 5.91 Å². The van der Waals surface area contributed by atoms with Crippen molar-refractivity contribution in [1.29, 1.82) is 0 Å². The maximum Gasteiger partial charge on any atom is 0.258 e. The highest BCUT2D eigenvalue weighted by molar-refractivity contribution is 6.30. The SMILES string of the molecule is Cc1ccc2nc(NC(=O)c3ccc(Cl)cc3)nc(N[C@@H]3CCCC[C@@H]3N=C(N)N)c2c1.Cl.Cl.Cl. The van der Waals surface area contributed by atoms with Crippen LogP contribution in [0.25, 0.3) is 10.9 Å². The Morgan fingerprint density at radius 2 is 1.71 bits per heavy atom. The number of hydrogen-bond acceptors (Lipinski definition) is 5. The van der Waals surface area contributed by atoms with Gasteiger partial charge in [0, 0.05) is 16.0 Å². The maximum atomic E-state index is 12.7. The van der Waals surface area contributed by atoms with E-state index in [2.05, 4.69) is 25.6 Å². The lowest BCUT2D eigenvalue weighted by Crippen LogP contribution is -2.38. The van der Waals surface area contributed by atoms with Crippen LogP contribution >= 0.6 is 48.8 Å². The van der Waals surface area contributed by atoms with E-state index in [0.717, 1.165) is 42.1 Å². The Labute approximate surface area is 227 Å². The number of aromatic nitrogens is 2. The van der Waals surface area contributed by atoms with Crippen LogP contribution in [0.2, 0.25) is 5.02 Å². The second kappa shape index (κ2) is 13.5. The Morgan fingerprint density at radius 1 is 1.03 bits per heavy atom. The lowest BCUT2D eigenvalue weighted by Gasteiger charge is -2.30. The zero-order chi connectivity index (χ0) is 22.7. The molecule has 2 aromatic carbocycles. The first-order valence-electron chi connectivity index (χ1n) is 10.6. The van der Waals surface area contributed by atoms with Crippen molar-refractivity contribution >= 4 is 83.4 Å².